The van der Waals surface area contributed by atoms with Gasteiger partial charge in [-0.1, -0.05) is 13.0 Å². The number of amides is 1. The van der Waals surface area contributed by atoms with Crippen LogP contribution in [0.15, 0.2) is 18.2 Å². The van der Waals surface area contributed by atoms with Gasteiger partial charge >= 0.3 is 0 Å². The molecule has 0 aliphatic carbocycles. The van der Waals surface area contributed by atoms with Gasteiger partial charge in [-0.2, -0.15) is 11.8 Å². The summed E-state index contributed by atoms with van der Waals surface area (Å²) in [6.07, 6.45) is 3.82. The van der Waals surface area contributed by atoms with Gasteiger partial charge in [0.1, 0.15) is 17.5 Å². The van der Waals surface area contributed by atoms with Gasteiger partial charge in [-0.25, -0.2) is 0 Å². The maximum atomic E-state index is 12.1. The summed E-state index contributed by atoms with van der Waals surface area (Å²) in [6, 6.07) is 5.65. The minimum Gasteiger partial charge on any atom is -0.491 e. The number of carbonyl (C=O) groups is 1. The van der Waals surface area contributed by atoms with Crippen molar-refractivity contribution in [3.05, 3.63) is 18.2 Å². The molecule has 104 valence electrons. The summed E-state index contributed by atoms with van der Waals surface area (Å²) >= 11 is 1.75. The van der Waals surface area contributed by atoms with Crippen LogP contribution < -0.4 is 15.4 Å². The molecule has 1 amide bonds. The first-order valence-corrected chi connectivity index (χ1v) is 7.97. The summed E-state index contributed by atoms with van der Waals surface area (Å²) in [6.45, 7) is 2.72. The van der Waals surface area contributed by atoms with E-state index in [4.69, 9.17) is 4.74 Å². The fourth-order valence-electron chi connectivity index (χ4n) is 2.02. The third-order valence-corrected chi connectivity index (χ3v) is 3.64. The summed E-state index contributed by atoms with van der Waals surface area (Å²) in [4.78, 5) is 12.1. The summed E-state index contributed by atoms with van der Waals surface area (Å²) in [5.41, 5.74) is 1.71. The van der Waals surface area contributed by atoms with Gasteiger partial charge in [0.15, 0.2) is 0 Å². The molecule has 0 saturated heterocycles. The van der Waals surface area contributed by atoms with Crippen molar-refractivity contribution in [2.45, 2.75) is 25.8 Å². The van der Waals surface area contributed by atoms with Crippen LogP contribution in [0.1, 0.15) is 19.8 Å². The van der Waals surface area contributed by atoms with Crippen molar-refractivity contribution in [2.24, 2.45) is 0 Å². The van der Waals surface area contributed by atoms with E-state index in [0.717, 1.165) is 35.7 Å². The van der Waals surface area contributed by atoms with Crippen LogP contribution in [-0.2, 0) is 4.79 Å². The van der Waals surface area contributed by atoms with Gasteiger partial charge < -0.3 is 15.4 Å². The van der Waals surface area contributed by atoms with Crippen molar-refractivity contribution < 1.29 is 9.53 Å². The highest BCUT2D eigenvalue weighted by Crippen LogP contribution is 2.36. The Balaban J connectivity index is 2.15. The molecule has 0 saturated carbocycles. The lowest BCUT2D eigenvalue weighted by molar-refractivity contribution is -0.117. The fraction of sp³-hybridized carbons (Fsp3) is 0.500. The summed E-state index contributed by atoms with van der Waals surface area (Å²) in [7, 11) is 0. The normalized spacial score (nSPS) is 17.4. The number of benzene rings is 1. The van der Waals surface area contributed by atoms with Gasteiger partial charge in [0.25, 0.3) is 0 Å². The van der Waals surface area contributed by atoms with Gasteiger partial charge in [0.2, 0.25) is 5.91 Å². The Morgan fingerprint density at radius 3 is 3.00 bits per heavy atom. The first kappa shape index (κ1) is 14.1. The predicted octanol–water partition coefficient (Wildman–Crippen LogP) is 2.96. The number of carbonyl (C=O) groups excluding carboxylic acids is 1. The number of thioether (sulfide) groups is 1. The number of hydrogen-bond donors (Lipinski definition) is 2. The predicted molar refractivity (Wildman–Crippen MR) is 81.3 cm³/mol. The molecule has 5 heteroatoms. The topological polar surface area (TPSA) is 50.4 Å². The van der Waals surface area contributed by atoms with Gasteiger partial charge in [-0.05, 0) is 37.0 Å². The van der Waals surface area contributed by atoms with Crippen molar-refractivity contribution in [1.29, 1.82) is 0 Å². The van der Waals surface area contributed by atoms with Crippen LogP contribution in [0.3, 0.4) is 0 Å². The molecule has 1 aliphatic rings. The Morgan fingerprint density at radius 2 is 2.26 bits per heavy atom. The van der Waals surface area contributed by atoms with E-state index in [1.54, 1.807) is 11.8 Å². The molecule has 2 rings (SSSR count). The number of rotatable bonds is 6. The van der Waals surface area contributed by atoms with Crippen molar-refractivity contribution in [2.75, 3.05) is 29.2 Å². The van der Waals surface area contributed by atoms with Crippen LogP contribution in [0.2, 0.25) is 0 Å². The lowest BCUT2D eigenvalue weighted by Gasteiger charge is -2.28. The third-order valence-electron chi connectivity index (χ3n) is 2.99. The Labute approximate surface area is 118 Å². The Morgan fingerprint density at radius 1 is 1.42 bits per heavy atom. The van der Waals surface area contributed by atoms with Crippen LogP contribution in [0.25, 0.3) is 0 Å². The Hall–Kier alpha value is -1.36. The zero-order valence-corrected chi connectivity index (χ0v) is 12.2. The average Bonchev–Trinajstić information content (AvgIpc) is 2.43. The number of hydrogen-bond acceptors (Lipinski definition) is 4. The number of anilines is 2. The molecule has 0 bridgehead atoms. The molecule has 1 aliphatic heterocycles. The van der Waals surface area contributed by atoms with E-state index in [9.17, 15) is 4.79 Å². The van der Waals surface area contributed by atoms with Crippen LogP contribution in [-0.4, -0.2) is 30.6 Å². The Kier molecular flexibility index (Phi) is 4.96. The minimum absolute atomic E-state index is 0.0223. The monoisotopic (exact) mass is 280 g/mol. The number of nitrogens with one attached hydrogen (secondary N) is 2. The molecule has 1 atom stereocenters. The molecule has 0 spiro atoms. The lowest BCUT2D eigenvalue weighted by atomic mass is 10.1. The van der Waals surface area contributed by atoms with E-state index in [2.05, 4.69) is 17.6 Å². The first-order chi connectivity index (χ1) is 9.26. The summed E-state index contributed by atoms with van der Waals surface area (Å²) < 4.78 is 5.66. The van der Waals surface area contributed by atoms with Crippen molar-refractivity contribution >= 4 is 29.0 Å². The minimum atomic E-state index is -0.152. The molecule has 1 aromatic rings. The molecule has 2 N–H and O–H groups in total. The van der Waals surface area contributed by atoms with E-state index in [1.165, 1.54) is 0 Å². The van der Waals surface area contributed by atoms with E-state index in [0.29, 0.717) is 6.61 Å². The largest absolute Gasteiger partial charge is 0.491 e. The zero-order valence-electron chi connectivity index (χ0n) is 11.4. The molecule has 1 unspecified atom stereocenters. The maximum Gasteiger partial charge on any atom is 0.247 e. The third kappa shape index (κ3) is 3.35. The molecular weight excluding hydrogens is 260 g/mol. The zero-order chi connectivity index (χ0) is 13.7. The second-order valence-electron chi connectivity index (χ2n) is 4.49. The van der Waals surface area contributed by atoms with Gasteiger partial charge in [0, 0.05) is 0 Å². The molecule has 0 aromatic heterocycles. The van der Waals surface area contributed by atoms with Crippen LogP contribution in [0.5, 0.6) is 5.75 Å². The van der Waals surface area contributed by atoms with Crippen molar-refractivity contribution in [3.63, 3.8) is 0 Å². The fourth-order valence-corrected chi connectivity index (χ4v) is 2.49. The smallest absolute Gasteiger partial charge is 0.247 e. The second-order valence-corrected chi connectivity index (χ2v) is 5.48. The summed E-state index contributed by atoms with van der Waals surface area (Å²) in [5.74, 6) is 1.73. The molecular formula is C14H20N2O2S. The highest BCUT2D eigenvalue weighted by molar-refractivity contribution is 7.98. The van der Waals surface area contributed by atoms with E-state index in [-0.39, 0.29) is 11.9 Å². The molecule has 1 aromatic carbocycles. The summed E-state index contributed by atoms with van der Waals surface area (Å²) in [5, 5.41) is 6.25. The van der Waals surface area contributed by atoms with Crippen molar-refractivity contribution in [1.82, 2.24) is 0 Å². The van der Waals surface area contributed by atoms with E-state index < -0.39 is 0 Å². The van der Waals surface area contributed by atoms with E-state index >= 15 is 0 Å². The molecule has 0 radical (unpaired) electrons. The standard InChI is InChI=1S/C14H20N2O2S/c1-3-8-18-12-6-4-5-10-13(12)16-14(17)11(15-10)7-9-19-2/h4-6,11,15H,3,7-9H2,1-2H3,(H,16,17). The SMILES string of the molecule is CCCOc1cccc2c1NC(=O)C(CCSC)N2. The van der Waals surface area contributed by atoms with Crippen molar-refractivity contribution in [3.8, 4) is 5.75 Å². The quantitative estimate of drug-likeness (QED) is 0.841. The maximum absolute atomic E-state index is 12.1. The highest BCUT2D eigenvalue weighted by Gasteiger charge is 2.26. The van der Waals surface area contributed by atoms with Gasteiger partial charge in [-0.15, -0.1) is 0 Å². The molecule has 0 fully saturated rings. The molecule has 19 heavy (non-hydrogen) atoms. The Bertz CT molecular complexity index is 451. The second kappa shape index (κ2) is 6.70. The number of ether oxygens (including phenoxy) is 1. The van der Waals surface area contributed by atoms with Crippen LogP contribution in [0, 0.1) is 0 Å². The van der Waals surface area contributed by atoms with Gasteiger partial charge in [-0.3, -0.25) is 4.79 Å². The lowest BCUT2D eigenvalue weighted by Crippen LogP contribution is -2.39. The van der Waals surface area contributed by atoms with Crippen LogP contribution in [0.4, 0.5) is 11.4 Å². The number of fused-ring (bicyclic) bond motifs is 1. The van der Waals surface area contributed by atoms with E-state index in [1.807, 2.05) is 24.5 Å². The van der Waals surface area contributed by atoms with Gasteiger partial charge in [0.05, 0.1) is 12.3 Å². The highest BCUT2D eigenvalue weighted by atomic mass is 32.2. The first-order valence-electron chi connectivity index (χ1n) is 6.58. The molecule has 4 nitrogen and oxygen atoms in total. The number of para-hydroxylation sites is 1. The van der Waals surface area contributed by atoms with Crippen LogP contribution >= 0.6 is 11.8 Å². The molecule has 1 heterocycles. The average molecular weight is 280 g/mol.